The number of nitrogens with zero attached hydrogens (tertiary/aromatic N) is 4. The van der Waals surface area contributed by atoms with Gasteiger partial charge in [-0.05, 0) is 32.4 Å². The fourth-order valence-electron chi connectivity index (χ4n) is 2.97. The molecule has 0 fully saturated rings. The van der Waals surface area contributed by atoms with E-state index in [1.165, 1.54) is 11.8 Å². The van der Waals surface area contributed by atoms with Crippen LogP contribution in [0.5, 0.6) is 0 Å². The molecule has 0 saturated carbocycles. The molecule has 1 aromatic carbocycles. The Labute approximate surface area is 168 Å². The van der Waals surface area contributed by atoms with E-state index in [0.717, 1.165) is 23.8 Å². The number of nitrogens with one attached hydrogen (secondary N) is 1. The molecule has 1 amide bonds. The van der Waals surface area contributed by atoms with Crippen LogP contribution in [0.25, 0.3) is 5.69 Å². The van der Waals surface area contributed by atoms with Crippen molar-refractivity contribution in [2.45, 2.75) is 44.1 Å². The van der Waals surface area contributed by atoms with E-state index in [4.69, 9.17) is 0 Å². The molecule has 3 aromatic rings. The molecular weight excluding hydrogens is 374 g/mol. The standard InChI is InChI=1S/C20H25N5O2S/c1-5-12-24-13-11-21-20(24)28-15(3)18(26)22-17-14(2)23(4)25(19(17)27)16-9-7-6-8-10-16/h6-11,13,15H,5,12H2,1-4H3,(H,22,26)/t15-/m1/s1. The summed E-state index contributed by atoms with van der Waals surface area (Å²) in [6.45, 7) is 6.60. The highest BCUT2D eigenvalue weighted by Crippen LogP contribution is 2.23. The third kappa shape index (κ3) is 3.91. The molecule has 0 radical (unpaired) electrons. The van der Waals surface area contributed by atoms with Crippen molar-refractivity contribution in [2.75, 3.05) is 5.32 Å². The minimum Gasteiger partial charge on any atom is -0.326 e. The quantitative estimate of drug-likeness (QED) is 0.619. The summed E-state index contributed by atoms with van der Waals surface area (Å²) in [5.41, 5.74) is 1.51. The van der Waals surface area contributed by atoms with Crippen molar-refractivity contribution < 1.29 is 4.79 Å². The zero-order chi connectivity index (χ0) is 20.3. The zero-order valence-corrected chi connectivity index (χ0v) is 17.4. The van der Waals surface area contributed by atoms with E-state index in [1.807, 2.05) is 54.9 Å². The van der Waals surface area contributed by atoms with Gasteiger partial charge in [0.05, 0.1) is 16.6 Å². The summed E-state index contributed by atoms with van der Waals surface area (Å²) in [4.78, 5) is 30.0. The summed E-state index contributed by atoms with van der Waals surface area (Å²) >= 11 is 1.39. The fraction of sp³-hybridized carbons (Fsp3) is 0.350. The Balaban J connectivity index is 1.81. The van der Waals surface area contributed by atoms with Crippen molar-refractivity contribution >= 4 is 23.4 Å². The minimum atomic E-state index is -0.387. The first kappa shape index (κ1) is 20.0. The molecule has 0 aliphatic rings. The molecule has 2 aromatic heterocycles. The average Bonchev–Trinajstić information content (AvgIpc) is 3.20. The van der Waals surface area contributed by atoms with E-state index in [9.17, 15) is 9.59 Å². The fourth-order valence-corrected chi connectivity index (χ4v) is 3.86. The van der Waals surface area contributed by atoms with E-state index in [1.54, 1.807) is 22.6 Å². The van der Waals surface area contributed by atoms with Crippen LogP contribution in [0.15, 0.2) is 52.7 Å². The second kappa shape index (κ2) is 8.52. The van der Waals surface area contributed by atoms with E-state index >= 15 is 0 Å². The molecule has 148 valence electrons. The number of carbonyl (C=O) groups excluding carboxylic acids is 1. The molecule has 1 N–H and O–H groups in total. The molecule has 3 rings (SSSR count). The second-order valence-electron chi connectivity index (χ2n) is 6.59. The van der Waals surface area contributed by atoms with Gasteiger partial charge in [-0.25, -0.2) is 9.67 Å². The number of benzene rings is 1. The number of thioether (sulfide) groups is 1. The molecule has 0 aliphatic carbocycles. The normalized spacial score (nSPS) is 12.1. The van der Waals surface area contributed by atoms with Gasteiger partial charge in [0.2, 0.25) is 5.91 Å². The minimum absolute atomic E-state index is 0.220. The van der Waals surface area contributed by atoms with Crippen molar-refractivity contribution in [1.82, 2.24) is 18.9 Å². The SMILES string of the molecule is CCCn1ccnc1S[C@H](C)C(=O)Nc1c(C)n(C)n(-c2ccccc2)c1=O. The summed E-state index contributed by atoms with van der Waals surface area (Å²) < 4.78 is 5.33. The Morgan fingerprint density at radius 2 is 2.00 bits per heavy atom. The number of hydrogen-bond acceptors (Lipinski definition) is 4. The van der Waals surface area contributed by atoms with Crippen LogP contribution < -0.4 is 10.9 Å². The highest BCUT2D eigenvalue weighted by atomic mass is 32.2. The molecule has 28 heavy (non-hydrogen) atoms. The maximum absolute atomic E-state index is 12.9. The van der Waals surface area contributed by atoms with Crippen LogP contribution in [-0.4, -0.2) is 30.1 Å². The maximum atomic E-state index is 12.9. The first-order chi connectivity index (χ1) is 13.4. The number of hydrogen-bond donors (Lipinski definition) is 1. The Kier molecular flexibility index (Phi) is 6.08. The number of aromatic nitrogens is 4. The topological polar surface area (TPSA) is 73.8 Å². The second-order valence-corrected chi connectivity index (χ2v) is 7.90. The lowest BCUT2D eigenvalue weighted by Crippen LogP contribution is -2.27. The van der Waals surface area contributed by atoms with Crippen molar-refractivity contribution in [3.63, 3.8) is 0 Å². The van der Waals surface area contributed by atoms with E-state index in [2.05, 4.69) is 17.2 Å². The van der Waals surface area contributed by atoms with Gasteiger partial charge in [-0.2, -0.15) is 0 Å². The smallest absolute Gasteiger partial charge is 0.295 e. The van der Waals surface area contributed by atoms with Gasteiger partial charge >= 0.3 is 0 Å². The third-order valence-electron chi connectivity index (χ3n) is 4.60. The van der Waals surface area contributed by atoms with E-state index in [-0.39, 0.29) is 16.7 Å². The van der Waals surface area contributed by atoms with Crippen molar-refractivity contribution in [3.05, 3.63) is 58.8 Å². The predicted octanol–water partition coefficient (Wildman–Crippen LogP) is 3.21. The van der Waals surface area contributed by atoms with Crippen LogP contribution in [0.4, 0.5) is 5.69 Å². The van der Waals surface area contributed by atoms with Crippen LogP contribution in [0.2, 0.25) is 0 Å². The Morgan fingerprint density at radius 1 is 1.29 bits per heavy atom. The summed E-state index contributed by atoms with van der Waals surface area (Å²) in [7, 11) is 1.80. The summed E-state index contributed by atoms with van der Waals surface area (Å²) in [5, 5.41) is 3.24. The Hall–Kier alpha value is -2.74. The number of rotatable bonds is 7. The number of aryl methyl sites for hydroxylation is 1. The van der Waals surface area contributed by atoms with Gasteiger partial charge in [-0.1, -0.05) is 36.9 Å². The van der Waals surface area contributed by atoms with Crippen molar-refractivity contribution in [3.8, 4) is 5.69 Å². The van der Waals surface area contributed by atoms with Crippen LogP contribution in [0.3, 0.4) is 0 Å². The number of amides is 1. The van der Waals surface area contributed by atoms with Gasteiger partial charge < -0.3 is 9.88 Å². The number of carbonyl (C=O) groups is 1. The van der Waals surface area contributed by atoms with Gasteiger partial charge in [0.15, 0.2) is 5.16 Å². The van der Waals surface area contributed by atoms with Gasteiger partial charge in [0.1, 0.15) is 5.69 Å². The highest BCUT2D eigenvalue weighted by molar-refractivity contribution is 8.00. The Morgan fingerprint density at radius 3 is 2.68 bits per heavy atom. The van der Waals surface area contributed by atoms with Crippen molar-refractivity contribution in [2.24, 2.45) is 7.05 Å². The molecular formula is C20H25N5O2S. The summed E-state index contributed by atoms with van der Waals surface area (Å²) in [6.07, 6.45) is 4.64. The summed E-state index contributed by atoms with van der Waals surface area (Å²) in [5.74, 6) is -0.220. The lowest BCUT2D eigenvalue weighted by Gasteiger charge is -2.12. The molecule has 2 heterocycles. The van der Waals surface area contributed by atoms with Gasteiger partial charge in [0.25, 0.3) is 5.56 Å². The number of para-hydroxylation sites is 1. The Bertz CT molecular complexity index is 1020. The van der Waals surface area contributed by atoms with E-state index < -0.39 is 0 Å². The molecule has 0 aliphatic heterocycles. The number of imidazole rings is 1. The maximum Gasteiger partial charge on any atom is 0.295 e. The zero-order valence-electron chi connectivity index (χ0n) is 16.5. The van der Waals surface area contributed by atoms with Gasteiger partial charge in [-0.3, -0.25) is 14.3 Å². The lowest BCUT2D eigenvalue weighted by atomic mass is 10.3. The average molecular weight is 400 g/mol. The monoisotopic (exact) mass is 399 g/mol. The van der Waals surface area contributed by atoms with Crippen LogP contribution in [-0.2, 0) is 18.4 Å². The summed E-state index contributed by atoms with van der Waals surface area (Å²) in [6, 6.07) is 9.37. The number of anilines is 1. The third-order valence-corrected chi connectivity index (χ3v) is 5.71. The largest absolute Gasteiger partial charge is 0.326 e. The first-order valence-electron chi connectivity index (χ1n) is 9.26. The van der Waals surface area contributed by atoms with E-state index in [0.29, 0.717) is 11.4 Å². The first-order valence-corrected chi connectivity index (χ1v) is 10.1. The van der Waals surface area contributed by atoms with Crippen LogP contribution >= 0.6 is 11.8 Å². The molecule has 7 nitrogen and oxygen atoms in total. The molecule has 1 atom stereocenters. The molecule has 0 bridgehead atoms. The van der Waals surface area contributed by atoms with Crippen LogP contribution in [0.1, 0.15) is 26.0 Å². The predicted molar refractivity (Wildman–Crippen MR) is 112 cm³/mol. The lowest BCUT2D eigenvalue weighted by molar-refractivity contribution is -0.115. The molecule has 8 heteroatoms. The molecule has 0 saturated heterocycles. The van der Waals surface area contributed by atoms with Gasteiger partial charge in [0, 0.05) is 26.0 Å². The van der Waals surface area contributed by atoms with Crippen LogP contribution in [0, 0.1) is 6.92 Å². The van der Waals surface area contributed by atoms with Crippen molar-refractivity contribution in [1.29, 1.82) is 0 Å². The molecule has 0 unspecified atom stereocenters. The van der Waals surface area contributed by atoms with Gasteiger partial charge in [-0.15, -0.1) is 0 Å². The molecule has 0 spiro atoms. The highest BCUT2D eigenvalue weighted by Gasteiger charge is 2.22.